The quantitative estimate of drug-likeness (QED) is 0.676. The first kappa shape index (κ1) is 20.8. The molecule has 0 saturated carbocycles. The number of aliphatic imine (C=N–C) groups is 1. The molecule has 3 heterocycles. The van der Waals surface area contributed by atoms with E-state index in [1.165, 1.54) is 12.3 Å². The van der Waals surface area contributed by atoms with E-state index in [0.29, 0.717) is 11.6 Å². The summed E-state index contributed by atoms with van der Waals surface area (Å²) < 4.78 is 41.9. The molecule has 2 aromatic rings. The van der Waals surface area contributed by atoms with E-state index >= 15 is 0 Å². The van der Waals surface area contributed by atoms with E-state index in [2.05, 4.69) is 36.7 Å². The molecular formula is C18H21F3N6O2. The normalized spacial score (nSPS) is 17.5. The predicted octanol–water partition coefficient (Wildman–Crippen LogP) is 2.21. The highest BCUT2D eigenvalue weighted by Gasteiger charge is 2.29. The van der Waals surface area contributed by atoms with Crippen molar-refractivity contribution in [2.24, 2.45) is 10.9 Å². The minimum Gasteiger partial charge on any atom is -0.493 e. The number of alkyl halides is 3. The fourth-order valence-corrected chi connectivity index (χ4v) is 3.13. The Morgan fingerprint density at radius 1 is 1.48 bits per heavy atom. The minimum absolute atomic E-state index is 0.117. The molecular weight excluding hydrogens is 389 g/mol. The number of aromatic hydroxyl groups is 1. The number of hydrogen-bond acceptors (Lipinski definition) is 8. The van der Waals surface area contributed by atoms with Gasteiger partial charge in [-0.3, -0.25) is 9.98 Å². The Kier molecular flexibility index (Phi) is 6.16. The number of nitrogens with zero attached hydrogens (tertiary/aromatic N) is 5. The van der Waals surface area contributed by atoms with E-state index in [1.54, 1.807) is 6.20 Å². The second-order valence-corrected chi connectivity index (χ2v) is 6.76. The molecule has 1 aliphatic rings. The highest BCUT2D eigenvalue weighted by atomic mass is 19.4. The van der Waals surface area contributed by atoms with Crippen LogP contribution < -0.4 is 10.1 Å². The smallest absolute Gasteiger partial charge is 0.422 e. The highest BCUT2D eigenvalue weighted by Crippen LogP contribution is 2.29. The van der Waals surface area contributed by atoms with Crippen molar-refractivity contribution < 1.29 is 23.0 Å². The van der Waals surface area contributed by atoms with Crippen LogP contribution in [0.3, 0.4) is 0 Å². The van der Waals surface area contributed by atoms with Crippen LogP contribution in [0.5, 0.6) is 11.9 Å². The van der Waals surface area contributed by atoms with Crippen molar-refractivity contribution in [1.82, 2.24) is 25.2 Å². The van der Waals surface area contributed by atoms with Crippen LogP contribution in [0.1, 0.15) is 12.1 Å². The highest BCUT2D eigenvalue weighted by molar-refractivity contribution is 5.92. The number of ether oxygens (including phenoxy) is 1. The van der Waals surface area contributed by atoms with Gasteiger partial charge >= 0.3 is 12.2 Å². The van der Waals surface area contributed by atoms with Crippen LogP contribution in [0.15, 0.2) is 23.5 Å². The first-order valence-corrected chi connectivity index (χ1v) is 8.92. The summed E-state index contributed by atoms with van der Waals surface area (Å²) in [6.07, 6.45) is -0.320. The van der Waals surface area contributed by atoms with Gasteiger partial charge in [-0.1, -0.05) is 0 Å². The van der Waals surface area contributed by atoms with E-state index in [-0.39, 0.29) is 16.6 Å². The van der Waals surface area contributed by atoms with E-state index in [0.717, 1.165) is 26.1 Å². The van der Waals surface area contributed by atoms with Gasteiger partial charge in [-0.25, -0.2) is 0 Å². The van der Waals surface area contributed by atoms with Crippen molar-refractivity contribution in [2.75, 3.05) is 33.3 Å². The molecule has 0 aliphatic carbocycles. The van der Waals surface area contributed by atoms with Gasteiger partial charge in [0.2, 0.25) is 5.88 Å². The van der Waals surface area contributed by atoms with Gasteiger partial charge in [0.25, 0.3) is 0 Å². The van der Waals surface area contributed by atoms with Crippen LogP contribution in [0.2, 0.25) is 0 Å². The van der Waals surface area contributed by atoms with Crippen molar-refractivity contribution >= 4 is 23.3 Å². The maximum absolute atomic E-state index is 12.4. The van der Waals surface area contributed by atoms with Gasteiger partial charge in [-0.2, -0.15) is 23.1 Å². The Labute approximate surface area is 165 Å². The SMILES string of the molecule is C=N/C(=C\N(C)CC1CCNC1)c1nccc2c(O)nc(OCC(F)(F)F)nc12. The lowest BCUT2D eigenvalue weighted by Crippen LogP contribution is -2.23. The van der Waals surface area contributed by atoms with E-state index in [9.17, 15) is 18.3 Å². The molecule has 8 nitrogen and oxygen atoms in total. The molecule has 2 aromatic heterocycles. The molecule has 29 heavy (non-hydrogen) atoms. The summed E-state index contributed by atoms with van der Waals surface area (Å²) in [5.74, 6) is -0.0128. The molecule has 0 radical (unpaired) electrons. The molecule has 11 heteroatoms. The third-order valence-electron chi connectivity index (χ3n) is 4.40. The fourth-order valence-electron chi connectivity index (χ4n) is 3.13. The van der Waals surface area contributed by atoms with Gasteiger partial charge in [-0.05, 0) is 38.2 Å². The third-order valence-corrected chi connectivity index (χ3v) is 4.40. The van der Waals surface area contributed by atoms with Crippen LogP contribution in [-0.2, 0) is 0 Å². The average Bonchev–Trinajstić information content (AvgIpc) is 3.16. The molecule has 1 saturated heterocycles. The van der Waals surface area contributed by atoms with Crippen LogP contribution in [-0.4, -0.2) is 71.1 Å². The molecule has 0 spiro atoms. The zero-order valence-corrected chi connectivity index (χ0v) is 15.8. The Hall–Kier alpha value is -2.95. The van der Waals surface area contributed by atoms with Gasteiger partial charge in [0.05, 0.1) is 5.39 Å². The molecule has 0 aromatic carbocycles. The van der Waals surface area contributed by atoms with Crippen LogP contribution in [0.25, 0.3) is 16.6 Å². The lowest BCUT2D eigenvalue weighted by atomic mass is 10.1. The number of nitrogens with one attached hydrogen (secondary N) is 1. The summed E-state index contributed by atoms with van der Waals surface area (Å²) >= 11 is 0. The van der Waals surface area contributed by atoms with E-state index < -0.39 is 24.7 Å². The molecule has 1 aliphatic heterocycles. The topological polar surface area (TPSA) is 95.8 Å². The molecule has 1 unspecified atom stereocenters. The minimum atomic E-state index is -4.56. The maximum atomic E-state index is 12.4. The van der Waals surface area contributed by atoms with Crippen molar-refractivity contribution in [1.29, 1.82) is 0 Å². The Bertz CT molecular complexity index is 912. The van der Waals surface area contributed by atoms with Crippen molar-refractivity contribution in [2.45, 2.75) is 12.6 Å². The number of rotatable bonds is 7. The number of pyridine rings is 1. The number of fused-ring (bicyclic) bond motifs is 1. The second kappa shape index (κ2) is 8.60. The number of aromatic nitrogens is 3. The second-order valence-electron chi connectivity index (χ2n) is 6.76. The number of halogens is 3. The summed E-state index contributed by atoms with van der Waals surface area (Å²) in [5, 5.41) is 13.6. The molecule has 1 fully saturated rings. The molecule has 0 bridgehead atoms. The Morgan fingerprint density at radius 2 is 2.28 bits per heavy atom. The molecule has 1 atom stereocenters. The predicted molar refractivity (Wildman–Crippen MR) is 102 cm³/mol. The lowest BCUT2D eigenvalue weighted by molar-refractivity contribution is -0.154. The maximum Gasteiger partial charge on any atom is 0.422 e. The largest absolute Gasteiger partial charge is 0.493 e. The van der Waals surface area contributed by atoms with E-state index in [1.807, 2.05) is 11.9 Å². The molecule has 0 amide bonds. The van der Waals surface area contributed by atoms with Gasteiger partial charge in [-0.15, -0.1) is 0 Å². The molecule has 156 valence electrons. The summed E-state index contributed by atoms with van der Waals surface area (Å²) in [6, 6.07) is 0.853. The van der Waals surface area contributed by atoms with Crippen molar-refractivity contribution in [3.05, 3.63) is 24.2 Å². The summed E-state index contributed by atoms with van der Waals surface area (Å²) in [6.45, 7) is 4.69. The zero-order valence-electron chi connectivity index (χ0n) is 15.8. The summed E-state index contributed by atoms with van der Waals surface area (Å²) in [7, 11) is 1.89. The third kappa shape index (κ3) is 5.31. The van der Waals surface area contributed by atoms with Gasteiger partial charge in [0.15, 0.2) is 6.61 Å². The first-order chi connectivity index (χ1) is 13.8. The van der Waals surface area contributed by atoms with Gasteiger partial charge in [0, 0.05) is 26.0 Å². The zero-order chi connectivity index (χ0) is 21.0. The van der Waals surface area contributed by atoms with Crippen molar-refractivity contribution in [3.63, 3.8) is 0 Å². The van der Waals surface area contributed by atoms with Crippen LogP contribution in [0, 0.1) is 5.92 Å². The summed E-state index contributed by atoms with van der Waals surface area (Å²) in [5.41, 5.74) is 0.735. The monoisotopic (exact) mass is 410 g/mol. The van der Waals surface area contributed by atoms with Gasteiger partial charge in [0.1, 0.15) is 16.9 Å². The van der Waals surface area contributed by atoms with Gasteiger partial charge < -0.3 is 20.1 Å². The Morgan fingerprint density at radius 3 is 2.93 bits per heavy atom. The Balaban J connectivity index is 1.94. The lowest BCUT2D eigenvalue weighted by Gasteiger charge is -2.19. The van der Waals surface area contributed by atoms with Crippen LogP contribution in [0.4, 0.5) is 13.2 Å². The van der Waals surface area contributed by atoms with Crippen molar-refractivity contribution in [3.8, 4) is 11.9 Å². The first-order valence-electron chi connectivity index (χ1n) is 8.92. The molecule has 3 rings (SSSR count). The standard InChI is InChI=1S/C18H21F3N6O2/c1-22-13(9-27(2)8-11-3-5-23-7-11)15-14-12(4-6-24-15)16(28)26-17(25-14)29-10-18(19,20)21/h4,6,9,11,23H,1,3,5,7-8,10H2,2H3,(H,25,26,28)/b13-9-. The molecule has 2 N–H and O–H groups in total. The summed E-state index contributed by atoms with van der Waals surface area (Å²) in [4.78, 5) is 17.8. The number of hydrogen-bond donors (Lipinski definition) is 2. The average molecular weight is 410 g/mol. The fraction of sp³-hybridized carbons (Fsp3) is 0.444. The van der Waals surface area contributed by atoms with Crippen LogP contribution >= 0.6 is 0 Å². The van der Waals surface area contributed by atoms with E-state index in [4.69, 9.17) is 0 Å².